The normalized spacial score (nSPS) is 13.2. The van der Waals surface area contributed by atoms with Crippen molar-refractivity contribution in [3.8, 4) is 5.75 Å². The number of carbonyl (C=O) groups excluding carboxylic acids is 3. The summed E-state index contributed by atoms with van der Waals surface area (Å²) in [6.45, 7) is 17.6. The van der Waals surface area contributed by atoms with Crippen LogP contribution in [-0.4, -0.2) is 51.6 Å². The summed E-state index contributed by atoms with van der Waals surface area (Å²) in [6.07, 6.45) is 1.73. The Morgan fingerprint density at radius 3 is 2.15 bits per heavy atom. The molecule has 41 heavy (non-hydrogen) atoms. The molecule has 2 rings (SSSR count). The van der Waals surface area contributed by atoms with Crippen molar-refractivity contribution in [2.45, 2.75) is 111 Å². The van der Waals surface area contributed by atoms with Gasteiger partial charge in [0.15, 0.2) is 0 Å². The van der Waals surface area contributed by atoms with E-state index in [0.29, 0.717) is 13.0 Å². The van der Waals surface area contributed by atoms with Gasteiger partial charge in [0.05, 0.1) is 0 Å². The van der Waals surface area contributed by atoms with Crippen molar-refractivity contribution < 1.29 is 24.2 Å². The summed E-state index contributed by atoms with van der Waals surface area (Å²) < 4.78 is 5.52. The summed E-state index contributed by atoms with van der Waals surface area (Å²) in [5.41, 5.74) is 1.92. The Labute approximate surface area is 245 Å². The summed E-state index contributed by atoms with van der Waals surface area (Å²) in [7, 11) is 0. The van der Waals surface area contributed by atoms with E-state index in [2.05, 4.69) is 17.6 Å². The predicted octanol–water partition coefficient (Wildman–Crippen LogP) is 6.12. The molecule has 0 radical (unpaired) electrons. The Morgan fingerprint density at radius 2 is 1.61 bits per heavy atom. The first kappa shape index (κ1) is 33.7. The first-order valence-electron chi connectivity index (χ1n) is 14.5. The number of nitrogens with one attached hydrogen (secondary N) is 2. The lowest BCUT2D eigenvalue weighted by Crippen LogP contribution is -2.60. The molecule has 0 heterocycles. The van der Waals surface area contributed by atoms with Crippen LogP contribution in [0.15, 0.2) is 42.5 Å². The van der Waals surface area contributed by atoms with Crippen molar-refractivity contribution in [3.05, 3.63) is 64.7 Å². The summed E-state index contributed by atoms with van der Waals surface area (Å²) >= 11 is 0. The number of ether oxygens (including phenoxy) is 1. The standard InChI is InChI=1S/C33H49N3O5/c1-10-12-19-34-29(38)28(26-18-13-22(3)20-23(26)4)36(33(8,9)11-2)30(39)27(35-31(40)41-32(5,6)7)21-24-14-16-25(37)17-15-24/h13-18,20,27-28,37H,10-12,19,21H2,1-9H3,(H,34,38)(H,35,40). The monoisotopic (exact) mass is 567 g/mol. The van der Waals surface area contributed by atoms with Crippen LogP contribution in [-0.2, 0) is 20.7 Å². The number of alkyl carbamates (subject to hydrolysis) is 1. The van der Waals surface area contributed by atoms with Gasteiger partial charge in [-0.1, -0.05) is 56.2 Å². The van der Waals surface area contributed by atoms with Gasteiger partial charge < -0.3 is 25.4 Å². The molecule has 0 saturated heterocycles. The van der Waals surface area contributed by atoms with E-state index >= 15 is 0 Å². The molecule has 0 aromatic heterocycles. The molecule has 0 saturated carbocycles. The third kappa shape index (κ3) is 9.80. The van der Waals surface area contributed by atoms with E-state index in [1.807, 2.05) is 52.8 Å². The zero-order valence-corrected chi connectivity index (χ0v) is 26.3. The lowest BCUT2D eigenvalue weighted by molar-refractivity contribution is -0.149. The zero-order valence-electron chi connectivity index (χ0n) is 26.3. The maximum Gasteiger partial charge on any atom is 0.408 e. The van der Waals surface area contributed by atoms with Crippen LogP contribution in [0.4, 0.5) is 4.79 Å². The van der Waals surface area contributed by atoms with Crippen LogP contribution in [0.3, 0.4) is 0 Å². The quantitative estimate of drug-likeness (QED) is 0.268. The number of benzene rings is 2. The summed E-state index contributed by atoms with van der Waals surface area (Å²) in [5, 5.41) is 15.6. The smallest absolute Gasteiger partial charge is 0.408 e. The third-order valence-electron chi connectivity index (χ3n) is 7.18. The first-order valence-corrected chi connectivity index (χ1v) is 14.5. The maximum atomic E-state index is 14.7. The summed E-state index contributed by atoms with van der Waals surface area (Å²) in [5.74, 6) is -0.559. The number of phenols is 1. The van der Waals surface area contributed by atoms with Crippen LogP contribution in [0, 0.1) is 13.8 Å². The van der Waals surface area contributed by atoms with Gasteiger partial charge in [-0.3, -0.25) is 9.59 Å². The molecule has 2 atom stereocenters. The molecule has 8 nitrogen and oxygen atoms in total. The number of aromatic hydroxyl groups is 1. The topological polar surface area (TPSA) is 108 Å². The molecule has 2 aromatic rings. The Morgan fingerprint density at radius 1 is 0.976 bits per heavy atom. The SMILES string of the molecule is CCCCNC(=O)C(c1ccc(C)cc1C)N(C(=O)C(Cc1ccc(O)cc1)NC(=O)OC(C)(C)C)C(C)(C)CC. The average Bonchev–Trinajstić information content (AvgIpc) is 2.87. The van der Waals surface area contributed by atoms with Gasteiger partial charge in [-0.15, -0.1) is 0 Å². The lowest BCUT2D eigenvalue weighted by atomic mass is 9.89. The molecule has 2 aromatic carbocycles. The minimum absolute atomic E-state index is 0.101. The van der Waals surface area contributed by atoms with Crippen LogP contribution in [0.1, 0.15) is 96.0 Å². The summed E-state index contributed by atoms with van der Waals surface area (Å²) in [4.78, 5) is 43.2. The molecule has 0 spiro atoms. The van der Waals surface area contributed by atoms with Crippen molar-refractivity contribution in [1.29, 1.82) is 0 Å². The maximum absolute atomic E-state index is 14.7. The van der Waals surface area contributed by atoms with Crippen molar-refractivity contribution >= 4 is 17.9 Å². The minimum atomic E-state index is -1.03. The fourth-order valence-electron chi connectivity index (χ4n) is 4.65. The van der Waals surface area contributed by atoms with E-state index in [-0.39, 0.29) is 18.1 Å². The summed E-state index contributed by atoms with van der Waals surface area (Å²) in [6, 6.07) is 10.4. The van der Waals surface area contributed by atoms with Gasteiger partial charge in [0, 0.05) is 18.5 Å². The van der Waals surface area contributed by atoms with Gasteiger partial charge in [0.1, 0.15) is 23.4 Å². The van der Waals surface area contributed by atoms with Crippen LogP contribution >= 0.6 is 0 Å². The van der Waals surface area contributed by atoms with Crippen molar-refractivity contribution in [2.24, 2.45) is 0 Å². The number of hydrogen-bond acceptors (Lipinski definition) is 5. The van der Waals surface area contributed by atoms with Gasteiger partial charge in [-0.05, 0) is 90.1 Å². The van der Waals surface area contributed by atoms with Gasteiger partial charge in [-0.2, -0.15) is 0 Å². The number of amides is 3. The molecule has 3 amide bonds. The Hall–Kier alpha value is -3.55. The van der Waals surface area contributed by atoms with Crippen molar-refractivity contribution in [2.75, 3.05) is 6.54 Å². The highest BCUT2D eigenvalue weighted by molar-refractivity contribution is 5.93. The second-order valence-corrected chi connectivity index (χ2v) is 12.4. The molecular formula is C33H49N3O5. The highest BCUT2D eigenvalue weighted by Crippen LogP contribution is 2.34. The van der Waals surface area contributed by atoms with Gasteiger partial charge in [0.25, 0.3) is 0 Å². The second kappa shape index (κ2) is 14.4. The predicted molar refractivity (Wildman–Crippen MR) is 163 cm³/mol. The molecule has 0 aliphatic carbocycles. The molecule has 0 fully saturated rings. The number of rotatable bonds is 12. The largest absolute Gasteiger partial charge is 0.508 e. The molecular weight excluding hydrogens is 518 g/mol. The number of unbranched alkanes of at least 4 members (excludes halogenated alkanes) is 1. The van der Waals surface area contributed by atoms with Crippen LogP contribution < -0.4 is 10.6 Å². The van der Waals surface area contributed by atoms with Gasteiger partial charge in [-0.25, -0.2) is 4.79 Å². The number of phenolic OH excluding ortho intramolecular Hbond substituents is 1. The fourth-order valence-corrected chi connectivity index (χ4v) is 4.65. The molecule has 8 heteroatoms. The Balaban J connectivity index is 2.68. The van der Waals surface area contributed by atoms with E-state index in [0.717, 1.165) is 35.1 Å². The molecule has 0 aliphatic rings. The number of nitrogens with zero attached hydrogens (tertiary/aromatic N) is 1. The molecule has 2 unspecified atom stereocenters. The van der Waals surface area contributed by atoms with Gasteiger partial charge >= 0.3 is 6.09 Å². The highest BCUT2D eigenvalue weighted by Gasteiger charge is 2.43. The number of aryl methyl sites for hydroxylation is 2. The zero-order chi connectivity index (χ0) is 31.0. The van der Waals surface area contributed by atoms with E-state index in [1.54, 1.807) is 37.8 Å². The fraction of sp³-hybridized carbons (Fsp3) is 0.545. The average molecular weight is 568 g/mol. The third-order valence-corrected chi connectivity index (χ3v) is 7.18. The van der Waals surface area contributed by atoms with Crippen LogP contribution in [0.25, 0.3) is 0 Å². The number of hydrogen-bond donors (Lipinski definition) is 3. The van der Waals surface area contributed by atoms with Crippen molar-refractivity contribution in [1.82, 2.24) is 15.5 Å². The lowest BCUT2D eigenvalue weighted by Gasteiger charge is -2.45. The molecule has 0 bridgehead atoms. The minimum Gasteiger partial charge on any atom is -0.508 e. The van der Waals surface area contributed by atoms with Gasteiger partial charge in [0.2, 0.25) is 11.8 Å². The highest BCUT2D eigenvalue weighted by atomic mass is 16.6. The van der Waals surface area contributed by atoms with E-state index in [1.165, 1.54) is 12.1 Å². The first-order chi connectivity index (χ1) is 19.1. The molecule has 0 aliphatic heterocycles. The van der Waals surface area contributed by atoms with Crippen LogP contribution in [0.5, 0.6) is 5.75 Å². The molecule has 226 valence electrons. The van der Waals surface area contributed by atoms with E-state index in [9.17, 15) is 19.5 Å². The Kier molecular flexibility index (Phi) is 11.8. The van der Waals surface area contributed by atoms with Crippen molar-refractivity contribution in [3.63, 3.8) is 0 Å². The Bertz CT molecular complexity index is 1180. The second-order valence-electron chi connectivity index (χ2n) is 12.4. The molecule has 3 N–H and O–H groups in total. The number of carbonyl (C=O) groups is 3. The van der Waals surface area contributed by atoms with E-state index in [4.69, 9.17) is 4.74 Å². The van der Waals surface area contributed by atoms with E-state index < -0.39 is 35.2 Å². The van der Waals surface area contributed by atoms with Crippen LogP contribution in [0.2, 0.25) is 0 Å².